The summed E-state index contributed by atoms with van der Waals surface area (Å²) >= 11 is 0. The normalized spacial score (nSPS) is 18.6. The van der Waals surface area contributed by atoms with E-state index < -0.39 is 0 Å². The Morgan fingerprint density at radius 3 is 2.68 bits per heavy atom. The van der Waals surface area contributed by atoms with Gasteiger partial charge in [0.15, 0.2) is 0 Å². The first-order valence-electron chi connectivity index (χ1n) is 7.57. The van der Waals surface area contributed by atoms with Crippen LogP contribution in [0.3, 0.4) is 0 Å². The summed E-state index contributed by atoms with van der Waals surface area (Å²) in [7, 11) is 0. The van der Waals surface area contributed by atoms with Crippen molar-refractivity contribution in [2.45, 2.75) is 46.6 Å². The molecule has 0 amide bonds. The Morgan fingerprint density at radius 1 is 1.32 bits per heavy atom. The SMILES string of the molecule is CCNCc1ccncc1N1CCC(C)(CC)CC1. The highest BCUT2D eigenvalue weighted by Crippen LogP contribution is 2.36. The van der Waals surface area contributed by atoms with Gasteiger partial charge in [-0.3, -0.25) is 4.98 Å². The second kappa shape index (κ2) is 6.38. The van der Waals surface area contributed by atoms with Gasteiger partial charge in [0.25, 0.3) is 0 Å². The fourth-order valence-corrected chi connectivity index (χ4v) is 2.75. The van der Waals surface area contributed by atoms with Gasteiger partial charge in [0, 0.05) is 25.8 Å². The highest BCUT2D eigenvalue weighted by Gasteiger charge is 2.28. The molecule has 0 aliphatic carbocycles. The molecule has 0 atom stereocenters. The first kappa shape index (κ1) is 14.3. The average Bonchev–Trinajstić information content (AvgIpc) is 2.46. The highest BCUT2D eigenvalue weighted by atomic mass is 15.1. The van der Waals surface area contributed by atoms with Crippen molar-refractivity contribution in [3.8, 4) is 0 Å². The first-order valence-corrected chi connectivity index (χ1v) is 7.57. The molecule has 1 aliphatic heterocycles. The lowest BCUT2D eigenvalue weighted by Gasteiger charge is -2.40. The minimum Gasteiger partial charge on any atom is -0.370 e. The van der Waals surface area contributed by atoms with Gasteiger partial charge in [-0.1, -0.05) is 27.2 Å². The van der Waals surface area contributed by atoms with Crippen molar-refractivity contribution in [3.63, 3.8) is 0 Å². The van der Waals surface area contributed by atoms with Crippen LogP contribution in [0.1, 0.15) is 45.6 Å². The Morgan fingerprint density at radius 2 is 2.05 bits per heavy atom. The molecule has 0 bridgehead atoms. The van der Waals surface area contributed by atoms with Gasteiger partial charge in [0.2, 0.25) is 0 Å². The summed E-state index contributed by atoms with van der Waals surface area (Å²) in [6, 6.07) is 2.14. The second-order valence-corrected chi connectivity index (χ2v) is 5.94. The van der Waals surface area contributed by atoms with E-state index in [2.05, 4.69) is 42.0 Å². The molecular weight excluding hydrogens is 234 g/mol. The fourth-order valence-electron chi connectivity index (χ4n) is 2.75. The molecule has 1 N–H and O–H groups in total. The molecule has 1 aromatic heterocycles. The minimum absolute atomic E-state index is 0.542. The predicted octanol–water partition coefficient (Wildman–Crippen LogP) is 3.21. The monoisotopic (exact) mass is 261 g/mol. The van der Waals surface area contributed by atoms with E-state index in [9.17, 15) is 0 Å². The summed E-state index contributed by atoms with van der Waals surface area (Å²) in [5.74, 6) is 0. The van der Waals surface area contributed by atoms with Crippen LogP contribution in [-0.4, -0.2) is 24.6 Å². The zero-order valence-corrected chi connectivity index (χ0v) is 12.6. The van der Waals surface area contributed by atoms with E-state index in [0.29, 0.717) is 5.41 Å². The number of rotatable bonds is 5. The highest BCUT2D eigenvalue weighted by molar-refractivity contribution is 5.52. The summed E-state index contributed by atoms with van der Waals surface area (Å²) in [5.41, 5.74) is 3.24. The molecule has 2 rings (SSSR count). The number of piperidine rings is 1. The summed E-state index contributed by atoms with van der Waals surface area (Å²) in [4.78, 5) is 6.83. The van der Waals surface area contributed by atoms with E-state index >= 15 is 0 Å². The zero-order valence-electron chi connectivity index (χ0n) is 12.6. The maximum atomic E-state index is 4.32. The van der Waals surface area contributed by atoms with Crippen LogP contribution in [0, 0.1) is 5.41 Å². The third-order valence-electron chi connectivity index (χ3n) is 4.62. The molecule has 19 heavy (non-hydrogen) atoms. The van der Waals surface area contributed by atoms with Crippen LogP contribution in [-0.2, 0) is 6.54 Å². The quantitative estimate of drug-likeness (QED) is 0.882. The van der Waals surface area contributed by atoms with Gasteiger partial charge >= 0.3 is 0 Å². The van der Waals surface area contributed by atoms with Gasteiger partial charge in [-0.25, -0.2) is 0 Å². The van der Waals surface area contributed by atoms with Gasteiger partial charge < -0.3 is 10.2 Å². The Kier molecular flexibility index (Phi) is 4.81. The molecule has 2 heterocycles. The number of hydrogen-bond acceptors (Lipinski definition) is 3. The van der Waals surface area contributed by atoms with Crippen LogP contribution in [0.4, 0.5) is 5.69 Å². The number of pyridine rings is 1. The van der Waals surface area contributed by atoms with Crippen LogP contribution in [0.15, 0.2) is 18.5 Å². The van der Waals surface area contributed by atoms with E-state index in [1.807, 2.05) is 12.4 Å². The largest absolute Gasteiger partial charge is 0.370 e. The van der Waals surface area contributed by atoms with Crippen LogP contribution < -0.4 is 10.2 Å². The second-order valence-electron chi connectivity index (χ2n) is 5.94. The number of hydrogen-bond donors (Lipinski definition) is 1. The third kappa shape index (κ3) is 3.47. The van der Waals surface area contributed by atoms with Crippen LogP contribution in [0.5, 0.6) is 0 Å². The molecule has 1 fully saturated rings. The molecule has 0 spiro atoms. The lowest BCUT2D eigenvalue weighted by atomic mass is 9.78. The smallest absolute Gasteiger partial charge is 0.0598 e. The molecule has 0 radical (unpaired) electrons. The van der Waals surface area contributed by atoms with Crippen molar-refractivity contribution in [1.82, 2.24) is 10.3 Å². The lowest BCUT2D eigenvalue weighted by molar-refractivity contribution is 0.238. The van der Waals surface area contributed by atoms with Crippen molar-refractivity contribution < 1.29 is 0 Å². The Hall–Kier alpha value is -1.09. The molecule has 0 unspecified atom stereocenters. The van der Waals surface area contributed by atoms with Gasteiger partial charge in [0.05, 0.1) is 11.9 Å². The Balaban J connectivity index is 2.06. The first-order chi connectivity index (χ1) is 9.18. The van der Waals surface area contributed by atoms with Gasteiger partial charge in [-0.2, -0.15) is 0 Å². The average molecular weight is 261 g/mol. The maximum Gasteiger partial charge on any atom is 0.0598 e. The van der Waals surface area contributed by atoms with Crippen LogP contribution in [0.2, 0.25) is 0 Å². The number of nitrogens with zero attached hydrogens (tertiary/aromatic N) is 2. The Labute approximate surface area is 117 Å². The lowest BCUT2D eigenvalue weighted by Crippen LogP contribution is -2.39. The molecule has 1 aliphatic rings. The summed E-state index contributed by atoms with van der Waals surface area (Å²) < 4.78 is 0. The molecule has 0 saturated carbocycles. The molecule has 1 saturated heterocycles. The number of anilines is 1. The van der Waals surface area contributed by atoms with E-state index in [0.717, 1.165) is 26.2 Å². The third-order valence-corrected chi connectivity index (χ3v) is 4.62. The number of aromatic nitrogens is 1. The standard InChI is InChI=1S/C16H27N3/c1-4-16(3)7-10-19(11-8-16)15-13-18-9-6-14(15)12-17-5-2/h6,9,13,17H,4-5,7-8,10-12H2,1-3H3. The van der Waals surface area contributed by atoms with E-state index in [-0.39, 0.29) is 0 Å². The van der Waals surface area contributed by atoms with Crippen molar-refractivity contribution in [2.24, 2.45) is 5.41 Å². The van der Waals surface area contributed by atoms with Gasteiger partial charge in [0.1, 0.15) is 0 Å². The molecule has 106 valence electrons. The van der Waals surface area contributed by atoms with E-state index in [1.54, 1.807) is 0 Å². The molecule has 0 aromatic carbocycles. The predicted molar refractivity (Wildman–Crippen MR) is 81.5 cm³/mol. The zero-order chi connectivity index (χ0) is 13.7. The number of nitrogens with one attached hydrogen (secondary N) is 1. The van der Waals surface area contributed by atoms with Crippen molar-refractivity contribution in [2.75, 3.05) is 24.5 Å². The summed E-state index contributed by atoms with van der Waals surface area (Å²) in [5, 5.41) is 3.42. The molecule has 1 aromatic rings. The van der Waals surface area contributed by atoms with Crippen molar-refractivity contribution in [1.29, 1.82) is 0 Å². The van der Waals surface area contributed by atoms with Crippen LogP contribution >= 0.6 is 0 Å². The molecule has 3 nitrogen and oxygen atoms in total. The fraction of sp³-hybridized carbons (Fsp3) is 0.688. The minimum atomic E-state index is 0.542. The van der Waals surface area contributed by atoms with Gasteiger partial charge in [-0.05, 0) is 36.4 Å². The Bertz CT molecular complexity index is 395. The van der Waals surface area contributed by atoms with Gasteiger partial charge in [-0.15, -0.1) is 0 Å². The van der Waals surface area contributed by atoms with E-state index in [1.165, 1.54) is 30.5 Å². The topological polar surface area (TPSA) is 28.2 Å². The maximum absolute atomic E-state index is 4.32. The van der Waals surface area contributed by atoms with Crippen molar-refractivity contribution >= 4 is 5.69 Å². The van der Waals surface area contributed by atoms with Crippen LogP contribution in [0.25, 0.3) is 0 Å². The summed E-state index contributed by atoms with van der Waals surface area (Å²) in [6.07, 6.45) is 7.80. The summed E-state index contributed by atoms with van der Waals surface area (Å²) in [6.45, 7) is 11.2. The molecule has 3 heteroatoms. The van der Waals surface area contributed by atoms with E-state index in [4.69, 9.17) is 0 Å². The van der Waals surface area contributed by atoms with Crippen molar-refractivity contribution in [3.05, 3.63) is 24.0 Å². The molecular formula is C16H27N3.